The van der Waals surface area contributed by atoms with Crippen molar-refractivity contribution < 1.29 is 9.53 Å². The van der Waals surface area contributed by atoms with Crippen LogP contribution in [0.25, 0.3) is 0 Å². The fourth-order valence-corrected chi connectivity index (χ4v) is 2.76. The Kier molecular flexibility index (Phi) is 4.05. The summed E-state index contributed by atoms with van der Waals surface area (Å²) in [5, 5.41) is 4.29. The van der Waals surface area contributed by atoms with Crippen molar-refractivity contribution in [3.8, 4) is 0 Å². The molecule has 110 valence electrons. The molecule has 5 nitrogen and oxygen atoms in total. The van der Waals surface area contributed by atoms with Crippen molar-refractivity contribution in [1.29, 1.82) is 0 Å². The lowest BCUT2D eigenvalue weighted by molar-refractivity contribution is -0.144. The Labute approximate surface area is 119 Å². The predicted molar refractivity (Wildman–Crippen MR) is 75.2 cm³/mol. The van der Waals surface area contributed by atoms with Crippen molar-refractivity contribution in [2.45, 2.75) is 44.8 Å². The van der Waals surface area contributed by atoms with E-state index >= 15 is 0 Å². The topological polar surface area (TPSA) is 47.4 Å². The van der Waals surface area contributed by atoms with Gasteiger partial charge in [-0.1, -0.05) is 0 Å². The van der Waals surface area contributed by atoms with Crippen LogP contribution < -0.4 is 0 Å². The van der Waals surface area contributed by atoms with Crippen molar-refractivity contribution in [1.82, 2.24) is 14.7 Å². The molecule has 1 saturated heterocycles. The molecule has 1 saturated carbocycles. The number of carbonyl (C=O) groups excluding carboxylic acids is 1. The second-order valence-corrected chi connectivity index (χ2v) is 5.99. The van der Waals surface area contributed by atoms with Crippen LogP contribution in [0.15, 0.2) is 18.5 Å². The summed E-state index contributed by atoms with van der Waals surface area (Å²) in [5.41, 5.74) is 0. The third kappa shape index (κ3) is 3.20. The lowest BCUT2D eigenvalue weighted by Gasteiger charge is -2.34. The molecule has 0 aromatic carbocycles. The number of hydrogen-bond donors (Lipinski definition) is 0. The van der Waals surface area contributed by atoms with Crippen molar-refractivity contribution in [2.75, 3.05) is 19.7 Å². The summed E-state index contributed by atoms with van der Waals surface area (Å²) < 4.78 is 7.66. The Morgan fingerprint density at radius 3 is 3.00 bits per heavy atom. The maximum Gasteiger partial charge on any atom is 0.251 e. The van der Waals surface area contributed by atoms with E-state index in [-0.39, 0.29) is 12.0 Å². The highest BCUT2D eigenvalue weighted by Gasteiger charge is 2.29. The molecular formula is C15H23N3O2. The first-order valence-corrected chi connectivity index (χ1v) is 7.63. The first kappa shape index (κ1) is 13.6. The van der Waals surface area contributed by atoms with E-state index in [4.69, 9.17) is 4.74 Å². The molecule has 3 rings (SSSR count). The molecule has 1 aromatic rings. The second-order valence-electron chi connectivity index (χ2n) is 5.99. The van der Waals surface area contributed by atoms with E-state index in [0.717, 1.165) is 32.5 Å². The van der Waals surface area contributed by atoms with Crippen LogP contribution in [0, 0.1) is 5.92 Å². The predicted octanol–water partition coefficient (Wildman–Crippen LogP) is 1.86. The molecule has 0 unspecified atom stereocenters. The van der Waals surface area contributed by atoms with E-state index in [1.807, 2.05) is 28.8 Å². The molecule has 2 fully saturated rings. The van der Waals surface area contributed by atoms with Gasteiger partial charge in [-0.3, -0.25) is 9.48 Å². The number of piperidine rings is 1. The van der Waals surface area contributed by atoms with Crippen LogP contribution >= 0.6 is 0 Å². The lowest BCUT2D eigenvalue weighted by Crippen LogP contribution is -2.45. The number of likely N-dealkylation sites (tertiary alicyclic amines) is 1. The molecule has 0 radical (unpaired) electrons. The molecule has 5 heteroatoms. The van der Waals surface area contributed by atoms with Gasteiger partial charge in [0.2, 0.25) is 0 Å². The molecule has 1 aliphatic carbocycles. The Balaban J connectivity index is 1.53. The molecule has 0 bridgehead atoms. The summed E-state index contributed by atoms with van der Waals surface area (Å²) in [4.78, 5) is 14.4. The number of carbonyl (C=O) groups is 1. The molecule has 1 aliphatic heterocycles. The van der Waals surface area contributed by atoms with Gasteiger partial charge in [0, 0.05) is 25.5 Å². The van der Waals surface area contributed by atoms with E-state index in [1.165, 1.54) is 12.8 Å². The average molecular weight is 277 g/mol. The molecule has 0 spiro atoms. The van der Waals surface area contributed by atoms with E-state index in [0.29, 0.717) is 12.0 Å². The number of amides is 1. The minimum Gasteiger partial charge on any atom is -0.368 e. The third-order valence-corrected chi connectivity index (χ3v) is 4.23. The Hall–Kier alpha value is -1.36. The number of hydrogen-bond acceptors (Lipinski definition) is 3. The van der Waals surface area contributed by atoms with Crippen molar-refractivity contribution in [3.63, 3.8) is 0 Å². The molecule has 1 amide bonds. The summed E-state index contributed by atoms with van der Waals surface area (Å²) in [6, 6.07) is 2.24. The Morgan fingerprint density at radius 2 is 2.30 bits per heavy atom. The fraction of sp³-hybridized carbons (Fsp3) is 0.733. The first-order chi connectivity index (χ1) is 9.74. The minimum absolute atomic E-state index is 0.127. The van der Waals surface area contributed by atoms with Crippen molar-refractivity contribution in [3.05, 3.63) is 18.5 Å². The van der Waals surface area contributed by atoms with Crippen molar-refractivity contribution in [2.24, 2.45) is 5.92 Å². The van der Waals surface area contributed by atoms with Crippen molar-refractivity contribution >= 4 is 5.91 Å². The first-order valence-electron chi connectivity index (χ1n) is 7.63. The zero-order valence-corrected chi connectivity index (χ0v) is 12.1. The quantitative estimate of drug-likeness (QED) is 0.825. The zero-order valence-electron chi connectivity index (χ0n) is 12.1. The maximum atomic E-state index is 12.4. The number of ether oxygens (including phenoxy) is 1. The SMILES string of the molecule is C[C@@H](OCC1CC1)C(=O)N1CCC[C@@H](n2cccn2)C1. The monoisotopic (exact) mass is 277 g/mol. The smallest absolute Gasteiger partial charge is 0.251 e. The van der Waals surface area contributed by atoms with Crippen LogP contribution in [0.4, 0.5) is 0 Å². The van der Waals surface area contributed by atoms with E-state index in [2.05, 4.69) is 5.10 Å². The molecule has 1 aromatic heterocycles. The molecule has 2 heterocycles. The van der Waals surface area contributed by atoms with Crippen LogP contribution in [-0.4, -0.2) is 46.4 Å². The standard InChI is InChI=1S/C15H23N3O2/c1-12(20-11-13-5-6-13)15(19)17-8-2-4-14(10-17)18-9-3-7-16-18/h3,7,9,12-14H,2,4-6,8,10-11H2,1H3/t12-,14-/m1/s1. The number of nitrogens with zero attached hydrogens (tertiary/aromatic N) is 3. The second kappa shape index (κ2) is 5.95. The van der Waals surface area contributed by atoms with Gasteiger partial charge in [-0.05, 0) is 44.6 Å². The van der Waals surface area contributed by atoms with Crippen LogP contribution in [0.2, 0.25) is 0 Å². The Bertz CT molecular complexity index is 442. The lowest BCUT2D eigenvalue weighted by atomic mass is 10.1. The van der Waals surface area contributed by atoms with E-state index < -0.39 is 0 Å². The van der Waals surface area contributed by atoms with Crippen LogP contribution in [0.5, 0.6) is 0 Å². The van der Waals surface area contributed by atoms with Gasteiger partial charge in [-0.2, -0.15) is 5.10 Å². The third-order valence-electron chi connectivity index (χ3n) is 4.23. The normalized spacial score (nSPS) is 24.6. The molecule has 0 N–H and O–H groups in total. The molecule has 20 heavy (non-hydrogen) atoms. The summed E-state index contributed by atoms with van der Waals surface area (Å²) in [6.07, 6.45) is 8.09. The minimum atomic E-state index is -0.313. The van der Waals surface area contributed by atoms with Gasteiger partial charge >= 0.3 is 0 Å². The van der Waals surface area contributed by atoms with Crippen LogP contribution in [0.1, 0.15) is 38.6 Å². The highest BCUT2D eigenvalue weighted by Crippen LogP contribution is 2.29. The molecule has 2 atom stereocenters. The summed E-state index contributed by atoms with van der Waals surface area (Å²) in [5.74, 6) is 0.825. The number of aromatic nitrogens is 2. The van der Waals surface area contributed by atoms with Crippen LogP contribution in [-0.2, 0) is 9.53 Å². The van der Waals surface area contributed by atoms with Gasteiger partial charge in [0.25, 0.3) is 5.91 Å². The van der Waals surface area contributed by atoms with E-state index in [1.54, 1.807) is 6.20 Å². The fourth-order valence-electron chi connectivity index (χ4n) is 2.76. The maximum absolute atomic E-state index is 12.4. The summed E-state index contributed by atoms with van der Waals surface area (Å²) in [7, 11) is 0. The van der Waals surface area contributed by atoms with E-state index in [9.17, 15) is 4.79 Å². The van der Waals surface area contributed by atoms with Crippen LogP contribution in [0.3, 0.4) is 0 Å². The molecule has 2 aliphatic rings. The van der Waals surface area contributed by atoms with Gasteiger partial charge in [0.1, 0.15) is 6.10 Å². The van der Waals surface area contributed by atoms with Gasteiger partial charge in [0.15, 0.2) is 0 Å². The molecular weight excluding hydrogens is 254 g/mol. The summed E-state index contributed by atoms with van der Waals surface area (Å²) >= 11 is 0. The average Bonchev–Trinajstić information content (AvgIpc) is 3.15. The van der Waals surface area contributed by atoms with Gasteiger partial charge < -0.3 is 9.64 Å². The van der Waals surface area contributed by atoms with Gasteiger partial charge in [0.05, 0.1) is 12.6 Å². The largest absolute Gasteiger partial charge is 0.368 e. The Morgan fingerprint density at radius 1 is 1.45 bits per heavy atom. The van der Waals surface area contributed by atoms with Gasteiger partial charge in [-0.15, -0.1) is 0 Å². The van der Waals surface area contributed by atoms with Gasteiger partial charge in [-0.25, -0.2) is 0 Å². The summed E-state index contributed by atoms with van der Waals surface area (Å²) in [6.45, 7) is 4.21. The highest BCUT2D eigenvalue weighted by molar-refractivity contribution is 5.80. The number of rotatable bonds is 5. The highest BCUT2D eigenvalue weighted by atomic mass is 16.5. The zero-order chi connectivity index (χ0) is 13.9.